The second-order valence-corrected chi connectivity index (χ2v) is 9.44. The lowest BCUT2D eigenvalue weighted by molar-refractivity contribution is 0.307. The van der Waals surface area contributed by atoms with Crippen molar-refractivity contribution in [2.24, 2.45) is 0 Å². The molecule has 0 radical (unpaired) electrons. The largest absolute Gasteiger partial charge is 0.488 e. The van der Waals surface area contributed by atoms with Gasteiger partial charge in [-0.3, -0.25) is 9.51 Å². The monoisotopic (exact) mass is 493 g/mol. The molecule has 0 aliphatic carbocycles. The average Bonchev–Trinajstić information content (AvgIpc) is 3.43. The zero-order valence-corrected chi connectivity index (χ0v) is 21.3. The number of aryl methyl sites for hydroxylation is 3. The van der Waals surface area contributed by atoms with Crippen LogP contribution >= 0.6 is 0 Å². The molecule has 2 aromatic carbocycles. The molecule has 0 bridgehead atoms. The third-order valence-electron chi connectivity index (χ3n) is 6.91. The number of hydrogen-bond donors (Lipinski definition) is 1. The van der Waals surface area contributed by atoms with Crippen LogP contribution in [0.5, 0.6) is 5.75 Å². The highest BCUT2D eigenvalue weighted by atomic mass is 16.5. The normalized spacial score (nSPS) is 14.2. The molecule has 0 atom stereocenters. The fourth-order valence-corrected chi connectivity index (χ4v) is 5.19. The van der Waals surface area contributed by atoms with E-state index in [9.17, 15) is 4.79 Å². The van der Waals surface area contributed by atoms with Crippen LogP contribution in [0.25, 0.3) is 22.3 Å². The van der Waals surface area contributed by atoms with E-state index in [0.717, 1.165) is 73.8 Å². The average molecular weight is 494 g/mol. The number of allylic oxidation sites excluding steroid dienone is 1. The van der Waals surface area contributed by atoms with E-state index in [1.54, 1.807) is 0 Å². The molecule has 1 N–H and O–H groups in total. The number of H-pyrrole nitrogens is 1. The van der Waals surface area contributed by atoms with E-state index in [4.69, 9.17) is 19.2 Å². The van der Waals surface area contributed by atoms with Gasteiger partial charge in [-0.15, -0.1) is 0 Å². The molecule has 0 amide bonds. The van der Waals surface area contributed by atoms with Crippen LogP contribution in [0.15, 0.2) is 57.8 Å². The summed E-state index contributed by atoms with van der Waals surface area (Å²) in [5.41, 5.74) is 9.92. The molecule has 0 saturated heterocycles. The van der Waals surface area contributed by atoms with Crippen molar-refractivity contribution < 1.29 is 9.26 Å². The zero-order chi connectivity index (χ0) is 25.7. The lowest BCUT2D eigenvalue weighted by atomic mass is 9.89. The van der Waals surface area contributed by atoms with Crippen LogP contribution in [-0.4, -0.2) is 24.7 Å². The molecule has 4 heterocycles. The molecule has 8 heteroatoms. The number of nitrogens with one attached hydrogen (secondary N) is 1. The Hall–Kier alpha value is -4.46. The first-order chi connectivity index (χ1) is 17.9. The summed E-state index contributed by atoms with van der Waals surface area (Å²) in [4.78, 5) is 24.1. The van der Waals surface area contributed by atoms with Gasteiger partial charge >= 0.3 is 5.76 Å². The molecule has 8 nitrogen and oxygen atoms in total. The lowest BCUT2D eigenvalue weighted by Gasteiger charge is -2.15. The Kier molecular flexibility index (Phi) is 5.52. The minimum Gasteiger partial charge on any atom is -0.488 e. The minimum atomic E-state index is -0.581. The summed E-state index contributed by atoms with van der Waals surface area (Å²) in [6, 6.07) is 16.5. The topological polar surface area (TPSA) is 98.8 Å². The Morgan fingerprint density at radius 2 is 1.92 bits per heavy atom. The number of pyridine rings is 1. The van der Waals surface area contributed by atoms with Gasteiger partial charge in [0.25, 0.3) is 0 Å². The summed E-state index contributed by atoms with van der Waals surface area (Å²) in [5.74, 6) is 1.62. The number of aromatic nitrogens is 5. The highest BCUT2D eigenvalue weighted by molar-refractivity contribution is 5.99. The van der Waals surface area contributed by atoms with Gasteiger partial charge in [0.2, 0.25) is 0 Å². The number of imidazole rings is 1. The number of rotatable bonds is 4. The summed E-state index contributed by atoms with van der Waals surface area (Å²) >= 11 is 0. The first-order valence-corrected chi connectivity index (χ1v) is 12.4. The minimum absolute atomic E-state index is 0.404. The van der Waals surface area contributed by atoms with E-state index < -0.39 is 5.76 Å². The number of benzene rings is 2. The van der Waals surface area contributed by atoms with E-state index in [-0.39, 0.29) is 0 Å². The summed E-state index contributed by atoms with van der Waals surface area (Å²) in [6.07, 6.45) is 0.820. The van der Waals surface area contributed by atoms with Crippen molar-refractivity contribution in [3.8, 4) is 5.75 Å². The Morgan fingerprint density at radius 1 is 1.08 bits per heavy atom. The molecule has 0 spiro atoms. The summed E-state index contributed by atoms with van der Waals surface area (Å²) in [7, 11) is 0. The molecule has 1 aliphatic rings. The summed E-state index contributed by atoms with van der Waals surface area (Å²) in [6.45, 7) is 9.24. The van der Waals surface area contributed by atoms with Gasteiger partial charge in [0.15, 0.2) is 11.5 Å². The number of nitrogens with zero attached hydrogens (tertiary/aromatic N) is 4. The smallest absolute Gasteiger partial charge is 0.439 e. The molecule has 5 aromatic rings. The van der Waals surface area contributed by atoms with Crippen molar-refractivity contribution in [1.29, 1.82) is 0 Å². The van der Waals surface area contributed by atoms with Crippen LogP contribution in [0, 0.1) is 13.8 Å². The number of fused-ring (bicyclic) bond motifs is 3. The van der Waals surface area contributed by atoms with Gasteiger partial charge in [0.1, 0.15) is 23.7 Å². The van der Waals surface area contributed by atoms with Gasteiger partial charge in [0.05, 0.1) is 6.54 Å². The fraction of sp³-hybridized carbons (Fsp3) is 0.241. The lowest BCUT2D eigenvalue weighted by Crippen LogP contribution is -2.07. The van der Waals surface area contributed by atoms with Gasteiger partial charge < -0.3 is 9.30 Å². The van der Waals surface area contributed by atoms with Crippen LogP contribution in [0.3, 0.4) is 0 Å². The molecular formula is C29H27N5O3. The highest BCUT2D eigenvalue weighted by Crippen LogP contribution is 2.40. The quantitative estimate of drug-likeness (QED) is 0.369. The SMILES string of the molecule is CCc1nc2c(C)cc(C)nc2n1Cc1ccc2c(c1)COc1ccccc1/C2=C(\C)c1noc(=O)[nH]1. The van der Waals surface area contributed by atoms with Crippen molar-refractivity contribution in [2.75, 3.05) is 0 Å². The fourth-order valence-electron chi connectivity index (χ4n) is 5.19. The molecule has 6 rings (SSSR count). The maximum atomic E-state index is 11.7. The van der Waals surface area contributed by atoms with Gasteiger partial charge in [0, 0.05) is 23.3 Å². The van der Waals surface area contributed by atoms with E-state index in [1.807, 2.05) is 38.1 Å². The number of aromatic amines is 1. The van der Waals surface area contributed by atoms with Crippen molar-refractivity contribution >= 4 is 22.3 Å². The Morgan fingerprint density at radius 3 is 2.70 bits per heavy atom. The van der Waals surface area contributed by atoms with Gasteiger partial charge in [-0.25, -0.2) is 14.8 Å². The molecule has 1 aliphatic heterocycles. The van der Waals surface area contributed by atoms with Crippen LogP contribution in [-0.2, 0) is 19.6 Å². The third kappa shape index (κ3) is 3.94. The Balaban J connectivity index is 1.49. The number of para-hydroxylation sites is 1. The molecule has 186 valence electrons. The Labute approximate surface area is 213 Å². The second kappa shape index (κ2) is 8.89. The second-order valence-electron chi connectivity index (χ2n) is 9.44. The third-order valence-corrected chi connectivity index (χ3v) is 6.91. The first kappa shape index (κ1) is 23.0. The van der Waals surface area contributed by atoms with Crippen LogP contribution in [0.1, 0.15) is 59.0 Å². The highest BCUT2D eigenvalue weighted by Gasteiger charge is 2.23. The molecule has 3 aromatic heterocycles. The van der Waals surface area contributed by atoms with Crippen LogP contribution in [0.4, 0.5) is 0 Å². The van der Waals surface area contributed by atoms with Gasteiger partial charge in [-0.2, -0.15) is 0 Å². The zero-order valence-electron chi connectivity index (χ0n) is 21.3. The van der Waals surface area contributed by atoms with Gasteiger partial charge in [-0.1, -0.05) is 42.4 Å². The number of hydrogen-bond acceptors (Lipinski definition) is 6. The molecule has 0 fully saturated rings. The van der Waals surface area contributed by atoms with Crippen LogP contribution < -0.4 is 10.5 Å². The van der Waals surface area contributed by atoms with E-state index >= 15 is 0 Å². The molecule has 0 saturated carbocycles. The van der Waals surface area contributed by atoms with Gasteiger partial charge in [-0.05, 0) is 66.8 Å². The standard InChI is InChI=1S/C29H27N5O3/c1-5-24-31-26-16(2)12-17(3)30-28(26)34(24)14-19-10-11-21-20(13-19)15-36-23-9-7-6-8-22(23)25(21)18(4)27-32-29(35)37-33-27/h6-13H,5,14-15H2,1-4H3,(H,32,33,35)/b25-18+. The molecular weight excluding hydrogens is 466 g/mol. The maximum Gasteiger partial charge on any atom is 0.439 e. The summed E-state index contributed by atoms with van der Waals surface area (Å²) in [5, 5.41) is 3.94. The van der Waals surface area contributed by atoms with E-state index in [2.05, 4.69) is 52.8 Å². The molecule has 37 heavy (non-hydrogen) atoms. The number of ether oxygens (including phenoxy) is 1. The van der Waals surface area contributed by atoms with Crippen molar-refractivity contribution in [1.82, 2.24) is 24.7 Å². The predicted molar refractivity (Wildman–Crippen MR) is 141 cm³/mol. The van der Waals surface area contributed by atoms with Crippen LogP contribution in [0.2, 0.25) is 0 Å². The van der Waals surface area contributed by atoms with E-state index in [0.29, 0.717) is 19.0 Å². The first-order valence-electron chi connectivity index (χ1n) is 12.4. The molecule has 0 unspecified atom stereocenters. The van der Waals surface area contributed by atoms with Crippen molar-refractivity contribution in [3.63, 3.8) is 0 Å². The Bertz CT molecular complexity index is 1760. The van der Waals surface area contributed by atoms with Crippen molar-refractivity contribution in [2.45, 2.75) is 47.3 Å². The maximum absolute atomic E-state index is 11.7. The summed E-state index contributed by atoms with van der Waals surface area (Å²) < 4.78 is 13.3. The van der Waals surface area contributed by atoms with Crippen molar-refractivity contribution in [3.05, 3.63) is 104 Å². The predicted octanol–water partition coefficient (Wildman–Crippen LogP) is 5.21. The van der Waals surface area contributed by atoms with E-state index in [1.165, 1.54) is 0 Å².